The lowest BCUT2D eigenvalue weighted by Crippen LogP contribution is -2.54. The van der Waals surface area contributed by atoms with Crippen molar-refractivity contribution in [1.82, 2.24) is 0 Å². The number of allylic oxidation sites excluding steroid dienone is 2. The van der Waals surface area contributed by atoms with Crippen LogP contribution in [0.4, 0.5) is 4.39 Å². The van der Waals surface area contributed by atoms with Crippen molar-refractivity contribution in [2.75, 3.05) is 0 Å². The maximum absolute atomic E-state index is 14.9. The van der Waals surface area contributed by atoms with Gasteiger partial charge in [-0.05, 0) is 79.6 Å². The van der Waals surface area contributed by atoms with E-state index in [9.17, 15) is 14.3 Å². The van der Waals surface area contributed by atoms with E-state index in [2.05, 4.69) is 26.8 Å². The second-order valence-corrected chi connectivity index (χ2v) is 9.88. The molecule has 0 aromatic carbocycles. The van der Waals surface area contributed by atoms with Gasteiger partial charge in [0.25, 0.3) is 0 Å². The van der Waals surface area contributed by atoms with Crippen molar-refractivity contribution in [3.63, 3.8) is 0 Å². The normalized spacial score (nSPS) is 59.7. The van der Waals surface area contributed by atoms with Crippen LogP contribution in [0.3, 0.4) is 0 Å². The van der Waals surface area contributed by atoms with Crippen molar-refractivity contribution in [1.29, 1.82) is 0 Å². The number of rotatable bonds is 0. The van der Waals surface area contributed by atoms with Crippen molar-refractivity contribution >= 4 is 5.78 Å². The lowest BCUT2D eigenvalue weighted by molar-refractivity contribution is -0.132. The maximum atomic E-state index is 14.9. The summed E-state index contributed by atoms with van der Waals surface area (Å²) >= 11 is 0. The van der Waals surface area contributed by atoms with Crippen LogP contribution in [0.2, 0.25) is 0 Å². The summed E-state index contributed by atoms with van der Waals surface area (Å²) in [5, 5.41) is 10.6. The molecule has 9 atom stereocenters. The molecule has 1 N–H and O–H groups in total. The van der Waals surface area contributed by atoms with Crippen LogP contribution in [-0.4, -0.2) is 22.7 Å². The molecule has 0 radical (unpaired) electrons. The fourth-order valence-corrected chi connectivity index (χ4v) is 7.37. The van der Waals surface area contributed by atoms with Gasteiger partial charge in [-0.15, -0.1) is 0 Å². The number of hydrogen-bond donors (Lipinski definition) is 1. The number of ketones is 1. The largest absolute Gasteiger partial charge is 0.389 e. The summed E-state index contributed by atoms with van der Waals surface area (Å²) in [4.78, 5) is 12.1. The van der Waals surface area contributed by atoms with Gasteiger partial charge in [0.05, 0.1) is 6.10 Å². The Labute approximate surface area is 144 Å². The highest BCUT2D eigenvalue weighted by molar-refractivity contribution is 5.92. The van der Waals surface area contributed by atoms with Crippen molar-refractivity contribution in [2.24, 2.45) is 40.4 Å². The van der Waals surface area contributed by atoms with E-state index < -0.39 is 11.8 Å². The number of aliphatic hydroxyl groups is 1. The monoisotopic (exact) mass is 334 g/mol. The highest BCUT2D eigenvalue weighted by Crippen LogP contribution is 2.67. The van der Waals surface area contributed by atoms with Crippen LogP contribution in [-0.2, 0) is 4.79 Å². The summed E-state index contributed by atoms with van der Waals surface area (Å²) in [5.41, 5.74) is -1.69. The molecule has 4 unspecified atom stereocenters. The van der Waals surface area contributed by atoms with Gasteiger partial charge in [-0.3, -0.25) is 4.79 Å². The van der Waals surface area contributed by atoms with Gasteiger partial charge in [0.15, 0.2) is 5.78 Å². The van der Waals surface area contributed by atoms with E-state index in [-0.39, 0.29) is 28.4 Å². The third kappa shape index (κ3) is 1.94. The molecule has 0 aromatic heterocycles. The predicted molar refractivity (Wildman–Crippen MR) is 92.1 cm³/mol. The summed E-state index contributed by atoms with van der Waals surface area (Å²) in [6.45, 7) is 8.11. The molecule has 3 heteroatoms. The number of aliphatic hydroxyl groups excluding tert-OH is 1. The van der Waals surface area contributed by atoms with E-state index in [1.165, 1.54) is 0 Å². The van der Waals surface area contributed by atoms with Gasteiger partial charge in [0, 0.05) is 5.92 Å². The van der Waals surface area contributed by atoms with Gasteiger partial charge >= 0.3 is 0 Å². The molecular formula is C21H31FO2. The zero-order chi connectivity index (χ0) is 17.5. The topological polar surface area (TPSA) is 37.3 Å². The average Bonchev–Trinajstić information content (AvgIpc) is 2.71. The Morgan fingerprint density at radius 3 is 2.54 bits per heavy atom. The van der Waals surface area contributed by atoms with E-state index in [0.29, 0.717) is 24.2 Å². The Hall–Kier alpha value is -0.700. The fraction of sp³-hybridized carbons (Fsp3) is 0.857. The van der Waals surface area contributed by atoms with Crippen molar-refractivity contribution in [2.45, 2.75) is 71.6 Å². The van der Waals surface area contributed by atoms with E-state index in [4.69, 9.17) is 0 Å². The van der Waals surface area contributed by atoms with Crippen LogP contribution in [0, 0.1) is 40.4 Å². The number of carbonyl (C=O) groups is 1. The molecule has 4 aliphatic rings. The van der Waals surface area contributed by atoms with E-state index in [0.717, 1.165) is 25.7 Å². The van der Waals surface area contributed by atoms with Gasteiger partial charge < -0.3 is 5.11 Å². The van der Waals surface area contributed by atoms with Gasteiger partial charge in [0.2, 0.25) is 0 Å². The Morgan fingerprint density at radius 2 is 1.83 bits per heavy atom. The lowest BCUT2D eigenvalue weighted by atomic mass is 9.45. The summed E-state index contributed by atoms with van der Waals surface area (Å²) in [6, 6.07) is 0. The Kier molecular flexibility index (Phi) is 3.44. The van der Waals surface area contributed by atoms with E-state index >= 15 is 0 Å². The van der Waals surface area contributed by atoms with Crippen LogP contribution in [0.1, 0.15) is 59.8 Å². The summed E-state index contributed by atoms with van der Waals surface area (Å²) in [5.74, 6) is 2.05. The van der Waals surface area contributed by atoms with Gasteiger partial charge in [-0.1, -0.05) is 26.8 Å². The number of halogens is 1. The molecule has 24 heavy (non-hydrogen) atoms. The highest BCUT2D eigenvalue weighted by atomic mass is 19.1. The molecule has 0 amide bonds. The first-order valence-corrected chi connectivity index (χ1v) is 9.71. The lowest BCUT2D eigenvalue weighted by Gasteiger charge is -2.59. The molecule has 3 fully saturated rings. The number of alkyl halides is 1. The molecule has 0 aliphatic heterocycles. The Bertz CT molecular complexity index is 597. The first kappa shape index (κ1) is 16.8. The molecule has 0 aromatic rings. The maximum Gasteiger partial charge on any atom is 0.158 e. The van der Waals surface area contributed by atoms with Gasteiger partial charge in [-0.25, -0.2) is 4.39 Å². The van der Waals surface area contributed by atoms with Gasteiger partial charge in [0.1, 0.15) is 5.67 Å². The van der Waals surface area contributed by atoms with E-state index in [1.807, 2.05) is 0 Å². The van der Waals surface area contributed by atoms with Crippen LogP contribution in [0.25, 0.3) is 0 Å². The SMILES string of the molecule is CC1C(=O)C=C[C@@]2(C)C1CC[C@@H]1[C@H]2CC[C@]2(C)C(O)C(C)(F)C[C@@H]12. The molecule has 0 spiro atoms. The average molecular weight is 334 g/mol. The Balaban J connectivity index is 1.71. The predicted octanol–water partition coefficient (Wildman–Crippen LogP) is 4.32. The molecule has 0 heterocycles. The molecule has 2 nitrogen and oxygen atoms in total. The minimum Gasteiger partial charge on any atom is -0.389 e. The highest BCUT2D eigenvalue weighted by Gasteiger charge is 2.65. The molecule has 3 saturated carbocycles. The third-order valence-electron chi connectivity index (χ3n) is 8.76. The smallest absolute Gasteiger partial charge is 0.158 e. The fourth-order valence-electron chi connectivity index (χ4n) is 7.37. The van der Waals surface area contributed by atoms with Crippen molar-refractivity contribution < 1.29 is 14.3 Å². The summed E-state index contributed by atoms with van der Waals surface area (Å²) < 4.78 is 14.9. The second kappa shape index (κ2) is 4.93. The van der Waals surface area contributed by atoms with Crippen LogP contribution >= 0.6 is 0 Å². The van der Waals surface area contributed by atoms with Crippen LogP contribution in [0.15, 0.2) is 12.2 Å². The number of carbonyl (C=O) groups excluding carboxylic acids is 1. The second-order valence-electron chi connectivity index (χ2n) is 9.88. The first-order valence-electron chi connectivity index (χ1n) is 9.71. The molecule has 0 saturated heterocycles. The molecule has 134 valence electrons. The molecule has 4 aliphatic carbocycles. The minimum atomic E-state index is -1.46. The third-order valence-corrected chi connectivity index (χ3v) is 8.76. The molecule has 4 rings (SSSR count). The standard InChI is InChI=1S/C21H31FO2/c1-12-14-6-5-13-15(19(14,2)10-8-17(12)23)7-9-20(3)16(13)11-21(4,22)18(20)24/h8,10,12-16,18,24H,5-7,9,11H2,1-4H3/t12?,13-,14?,15-,16+,18?,19+,20+,21?/m1/s1. The summed E-state index contributed by atoms with van der Waals surface area (Å²) in [6.07, 6.45) is 7.72. The van der Waals surface area contributed by atoms with Crippen molar-refractivity contribution in [3.8, 4) is 0 Å². The van der Waals surface area contributed by atoms with Crippen molar-refractivity contribution in [3.05, 3.63) is 12.2 Å². The number of fused-ring (bicyclic) bond motifs is 5. The zero-order valence-corrected chi connectivity index (χ0v) is 15.4. The quantitative estimate of drug-likeness (QED) is 0.716. The Morgan fingerprint density at radius 1 is 1.12 bits per heavy atom. The van der Waals surface area contributed by atoms with Crippen LogP contribution in [0.5, 0.6) is 0 Å². The summed E-state index contributed by atoms with van der Waals surface area (Å²) in [7, 11) is 0. The number of hydrogen-bond acceptors (Lipinski definition) is 2. The van der Waals surface area contributed by atoms with Crippen LogP contribution < -0.4 is 0 Å². The zero-order valence-electron chi connectivity index (χ0n) is 15.4. The molecule has 0 bridgehead atoms. The van der Waals surface area contributed by atoms with E-state index in [1.54, 1.807) is 13.0 Å². The first-order chi connectivity index (χ1) is 11.1. The minimum absolute atomic E-state index is 0.0534. The molecular weight excluding hydrogens is 303 g/mol. The van der Waals surface area contributed by atoms with Gasteiger partial charge in [-0.2, -0.15) is 0 Å².